The first-order valence-electron chi connectivity index (χ1n) is 6.79. The maximum absolute atomic E-state index is 13.4. The van der Waals surface area contributed by atoms with Crippen molar-refractivity contribution >= 4 is 17.3 Å². The summed E-state index contributed by atoms with van der Waals surface area (Å²) in [6.07, 6.45) is 0. The second-order valence-electron chi connectivity index (χ2n) is 5.32. The Balaban J connectivity index is 2.10. The lowest BCUT2D eigenvalue weighted by atomic mass is 9.99. The number of anilines is 1. The second-order valence-corrected chi connectivity index (χ2v) is 5.72. The normalized spacial score (nSPS) is 12.5. The van der Waals surface area contributed by atoms with Gasteiger partial charge in [0.2, 0.25) is 0 Å². The van der Waals surface area contributed by atoms with E-state index >= 15 is 0 Å². The van der Waals surface area contributed by atoms with Crippen LogP contribution in [-0.2, 0) is 0 Å². The lowest BCUT2D eigenvalue weighted by Crippen LogP contribution is -2.07. The number of halogens is 2. The largest absolute Gasteiger partial charge is 0.378 e. The zero-order valence-corrected chi connectivity index (χ0v) is 12.7. The molecule has 1 atom stereocenters. The van der Waals surface area contributed by atoms with E-state index in [1.807, 2.05) is 0 Å². The van der Waals surface area contributed by atoms with Crippen molar-refractivity contribution < 1.29 is 4.39 Å². The van der Waals surface area contributed by atoms with Crippen LogP contribution in [0.3, 0.4) is 0 Å². The Hall–Kier alpha value is -1.54. The quantitative estimate of drug-likeness (QED) is 0.753. The van der Waals surface area contributed by atoms with Crippen molar-refractivity contribution in [1.82, 2.24) is 0 Å². The second kappa shape index (κ2) is 6.27. The molecule has 0 saturated carbocycles. The van der Waals surface area contributed by atoms with Crippen LogP contribution in [0.5, 0.6) is 0 Å². The molecule has 0 bridgehead atoms. The molecule has 20 heavy (non-hydrogen) atoms. The van der Waals surface area contributed by atoms with Gasteiger partial charge in [-0.25, -0.2) is 4.39 Å². The molecule has 2 aromatic carbocycles. The van der Waals surface area contributed by atoms with Gasteiger partial charge in [0.05, 0.1) is 5.02 Å². The summed E-state index contributed by atoms with van der Waals surface area (Å²) in [6.45, 7) is 6.40. The van der Waals surface area contributed by atoms with E-state index in [4.69, 9.17) is 11.6 Å². The molecule has 106 valence electrons. The Morgan fingerprint density at radius 2 is 1.55 bits per heavy atom. The number of hydrogen-bond donors (Lipinski definition) is 1. The minimum absolute atomic E-state index is 0.108. The molecule has 2 rings (SSSR count). The molecule has 0 aromatic heterocycles. The summed E-state index contributed by atoms with van der Waals surface area (Å²) in [6, 6.07) is 13.4. The summed E-state index contributed by atoms with van der Waals surface area (Å²) in [7, 11) is 0. The molecule has 0 saturated heterocycles. The van der Waals surface area contributed by atoms with Crippen LogP contribution in [0.15, 0.2) is 42.5 Å². The molecule has 0 spiro atoms. The number of hydrogen-bond acceptors (Lipinski definition) is 1. The van der Waals surface area contributed by atoms with Crippen molar-refractivity contribution in [2.75, 3.05) is 5.32 Å². The minimum Gasteiger partial charge on any atom is -0.378 e. The summed E-state index contributed by atoms with van der Waals surface area (Å²) in [5, 5.41) is 3.42. The van der Waals surface area contributed by atoms with Gasteiger partial charge in [-0.15, -0.1) is 0 Å². The van der Waals surface area contributed by atoms with E-state index in [0.717, 1.165) is 5.69 Å². The van der Waals surface area contributed by atoms with Crippen LogP contribution >= 0.6 is 11.6 Å². The van der Waals surface area contributed by atoms with Crippen LogP contribution in [0.2, 0.25) is 5.02 Å². The highest BCUT2D eigenvalue weighted by Crippen LogP contribution is 2.24. The molecule has 3 heteroatoms. The fourth-order valence-electron chi connectivity index (χ4n) is 2.09. The molecule has 2 aromatic rings. The highest BCUT2D eigenvalue weighted by Gasteiger charge is 2.08. The van der Waals surface area contributed by atoms with Gasteiger partial charge < -0.3 is 5.32 Å². The molecule has 1 nitrogen and oxygen atoms in total. The first-order chi connectivity index (χ1) is 9.47. The molecular formula is C17H19ClFN. The number of benzene rings is 2. The van der Waals surface area contributed by atoms with Gasteiger partial charge in [-0.2, -0.15) is 0 Å². The maximum atomic E-state index is 13.4. The minimum atomic E-state index is -0.404. The lowest BCUT2D eigenvalue weighted by molar-refractivity contribution is 0.628. The summed E-state index contributed by atoms with van der Waals surface area (Å²) in [4.78, 5) is 0. The zero-order chi connectivity index (χ0) is 14.7. The van der Waals surface area contributed by atoms with Gasteiger partial charge in [0, 0.05) is 11.7 Å². The third-order valence-corrected chi connectivity index (χ3v) is 3.71. The van der Waals surface area contributed by atoms with E-state index in [1.165, 1.54) is 17.2 Å². The smallest absolute Gasteiger partial charge is 0.143 e. The van der Waals surface area contributed by atoms with Crippen molar-refractivity contribution in [2.45, 2.75) is 32.7 Å². The van der Waals surface area contributed by atoms with Gasteiger partial charge in [0.25, 0.3) is 0 Å². The molecule has 0 radical (unpaired) electrons. The van der Waals surface area contributed by atoms with E-state index < -0.39 is 5.82 Å². The van der Waals surface area contributed by atoms with Crippen molar-refractivity contribution in [3.05, 3.63) is 64.4 Å². The third-order valence-electron chi connectivity index (χ3n) is 3.41. The summed E-state index contributed by atoms with van der Waals surface area (Å²) in [5.74, 6) is 0.122. The van der Waals surface area contributed by atoms with Crippen molar-refractivity contribution in [2.24, 2.45) is 0 Å². The molecule has 0 aliphatic heterocycles. The molecule has 0 fully saturated rings. The van der Waals surface area contributed by atoms with Gasteiger partial charge >= 0.3 is 0 Å². The number of nitrogens with one attached hydrogen (secondary N) is 1. The SMILES string of the molecule is CC(C)c1ccc(C(C)Nc2ccc(Cl)c(F)c2)cc1. The van der Waals surface area contributed by atoms with E-state index in [1.54, 1.807) is 12.1 Å². The van der Waals surface area contributed by atoms with E-state index in [-0.39, 0.29) is 11.1 Å². The standard InChI is InChI=1S/C17H19ClFN/c1-11(2)13-4-6-14(7-5-13)12(3)20-15-8-9-16(18)17(19)10-15/h4-12,20H,1-3H3. The van der Waals surface area contributed by atoms with Gasteiger partial charge in [0.1, 0.15) is 5.82 Å². The highest BCUT2D eigenvalue weighted by molar-refractivity contribution is 6.30. The van der Waals surface area contributed by atoms with Crippen LogP contribution in [0.4, 0.5) is 10.1 Å². The van der Waals surface area contributed by atoms with Gasteiger partial charge in [-0.1, -0.05) is 49.7 Å². The summed E-state index contributed by atoms with van der Waals surface area (Å²) < 4.78 is 13.4. The molecule has 0 aliphatic carbocycles. The molecule has 1 N–H and O–H groups in total. The summed E-state index contributed by atoms with van der Waals surface area (Å²) in [5.41, 5.74) is 3.22. The Morgan fingerprint density at radius 3 is 2.10 bits per heavy atom. The third kappa shape index (κ3) is 3.51. The maximum Gasteiger partial charge on any atom is 0.143 e. The molecule has 0 heterocycles. The topological polar surface area (TPSA) is 12.0 Å². The van der Waals surface area contributed by atoms with Crippen LogP contribution in [-0.4, -0.2) is 0 Å². The monoisotopic (exact) mass is 291 g/mol. The molecule has 1 unspecified atom stereocenters. The Kier molecular flexibility index (Phi) is 4.66. The van der Waals surface area contributed by atoms with E-state index in [2.05, 4.69) is 50.4 Å². The van der Waals surface area contributed by atoms with E-state index in [0.29, 0.717) is 5.92 Å². The highest BCUT2D eigenvalue weighted by atomic mass is 35.5. The lowest BCUT2D eigenvalue weighted by Gasteiger charge is -2.17. The average Bonchev–Trinajstić information content (AvgIpc) is 2.43. The number of rotatable bonds is 4. The molecule has 0 amide bonds. The predicted molar refractivity (Wildman–Crippen MR) is 84.0 cm³/mol. The Labute approximate surface area is 124 Å². The van der Waals surface area contributed by atoms with Crippen molar-refractivity contribution in [3.63, 3.8) is 0 Å². The van der Waals surface area contributed by atoms with Crippen molar-refractivity contribution in [3.8, 4) is 0 Å². The van der Waals surface area contributed by atoms with Crippen LogP contribution in [0.25, 0.3) is 0 Å². The first kappa shape index (κ1) is 14.9. The molecule has 0 aliphatic rings. The van der Waals surface area contributed by atoms with Gasteiger partial charge in [0.15, 0.2) is 0 Å². The van der Waals surface area contributed by atoms with Crippen molar-refractivity contribution in [1.29, 1.82) is 0 Å². The summed E-state index contributed by atoms with van der Waals surface area (Å²) >= 11 is 5.68. The average molecular weight is 292 g/mol. The molecular weight excluding hydrogens is 273 g/mol. The van der Waals surface area contributed by atoms with Gasteiger partial charge in [-0.3, -0.25) is 0 Å². The van der Waals surface area contributed by atoms with Crippen LogP contribution in [0, 0.1) is 5.82 Å². The van der Waals surface area contributed by atoms with Gasteiger partial charge in [-0.05, 0) is 42.2 Å². The zero-order valence-electron chi connectivity index (χ0n) is 12.0. The fourth-order valence-corrected chi connectivity index (χ4v) is 2.21. The fraction of sp³-hybridized carbons (Fsp3) is 0.294. The van der Waals surface area contributed by atoms with Crippen LogP contribution in [0.1, 0.15) is 43.9 Å². The van der Waals surface area contributed by atoms with Crippen LogP contribution < -0.4 is 5.32 Å². The first-order valence-corrected chi connectivity index (χ1v) is 7.16. The van der Waals surface area contributed by atoms with E-state index in [9.17, 15) is 4.39 Å². The predicted octanol–water partition coefficient (Wildman–Crippen LogP) is 5.78. The Morgan fingerprint density at radius 1 is 0.950 bits per heavy atom. The Bertz CT molecular complexity index is 578.